The van der Waals surface area contributed by atoms with Crippen molar-refractivity contribution in [3.63, 3.8) is 0 Å². The fraction of sp³-hybridized carbons (Fsp3) is 0.0435. The maximum absolute atomic E-state index is 12.8. The van der Waals surface area contributed by atoms with Crippen molar-refractivity contribution in [1.29, 1.82) is 0 Å². The Morgan fingerprint density at radius 1 is 0.882 bits per heavy atom. The summed E-state index contributed by atoms with van der Waals surface area (Å²) in [5, 5.41) is 24.9. The molecule has 3 aromatic rings. The van der Waals surface area contributed by atoms with Gasteiger partial charge in [-0.15, -0.1) is 0 Å². The number of carbonyl (C=O) groups excluding carboxylic acids is 2. The van der Waals surface area contributed by atoms with Gasteiger partial charge in [0.2, 0.25) is 5.75 Å². The monoisotopic (exact) mass is 460 g/mol. The van der Waals surface area contributed by atoms with Gasteiger partial charge in [-0.25, -0.2) is 4.79 Å². The van der Waals surface area contributed by atoms with Gasteiger partial charge >= 0.3 is 11.7 Å². The fourth-order valence-electron chi connectivity index (χ4n) is 3.30. The summed E-state index contributed by atoms with van der Waals surface area (Å²) in [6.45, 7) is 0.0932. The van der Waals surface area contributed by atoms with Crippen LogP contribution in [0.3, 0.4) is 0 Å². The second-order valence-electron chi connectivity index (χ2n) is 7.17. The number of benzene rings is 3. The maximum atomic E-state index is 12.8. The molecule has 0 atom stereocenters. The number of hydrogen-bond donors (Lipinski definition) is 1. The Kier molecular flexibility index (Phi) is 5.99. The Morgan fingerprint density at radius 2 is 1.59 bits per heavy atom. The van der Waals surface area contributed by atoms with Crippen LogP contribution in [0.2, 0.25) is 0 Å². The number of urea groups is 1. The van der Waals surface area contributed by atoms with Crippen molar-refractivity contribution in [3.8, 4) is 11.5 Å². The van der Waals surface area contributed by atoms with E-state index in [2.05, 4.69) is 5.32 Å². The van der Waals surface area contributed by atoms with E-state index < -0.39 is 33.2 Å². The summed E-state index contributed by atoms with van der Waals surface area (Å²) in [5.41, 5.74) is 0.111. The van der Waals surface area contributed by atoms with Crippen LogP contribution in [0.25, 0.3) is 6.08 Å². The molecular formula is C23H16N4O7. The van der Waals surface area contributed by atoms with E-state index in [4.69, 9.17) is 4.74 Å². The van der Waals surface area contributed by atoms with E-state index in [1.54, 1.807) is 42.5 Å². The maximum Gasteiger partial charge on any atom is 0.329 e. The minimum atomic E-state index is -0.786. The molecule has 0 radical (unpaired) electrons. The van der Waals surface area contributed by atoms with Crippen LogP contribution in [0, 0.1) is 20.2 Å². The number of nitrogens with zero attached hydrogens (tertiary/aromatic N) is 3. The lowest BCUT2D eigenvalue weighted by molar-refractivity contribution is -0.394. The third kappa shape index (κ3) is 4.58. The molecule has 0 bridgehead atoms. The third-order valence-electron chi connectivity index (χ3n) is 4.93. The van der Waals surface area contributed by atoms with Gasteiger partial charge in [-0.2, -0.15) is 0 Å². The van der Waals surface area contributed by atoms with Crippen LogP contribution in [0.4, 0.5) is 16.2 Å². The van der Waals surface area contributed by atoms with E-state index in [9.17, 15) is 29.8 Å². The van der Waals surface area contributed by atoms with E-state index in [-0.39, 0.29) is 23.7 Å². The quantitative estimate of drug-likeness (QED) is 0.238. The lowest BCUT2D eigenvalue weighted by Crippen LogP contribution is -2.30. The topological polar surface area (TPSA) is 145 Å². The summed E-state index contributed by atoms with van der Waals surface area (Å²) in [4.78, 5) is 47.1. The third-order valence-corrected chi connectivity index (χ3v) is 4.93. The average molecular weight is 460 g/mol. The van der Waals surface area contributed by atoms with Crippen molar-refractivity contribution in [1.82, 2.24) is 10.2 Å². The van der Waals surface area contributed by atoms with Gasteiger partial charge < -0.3 is 10.1 Å². The molecule has 1 fully saturated rings. The molecule has 11 nitrogen and oxygen atoms in total. The van der Waals surface area contributed by atoms with E-state index in [0.29, 0.717) is 5.56 Å². The number of nitro benzene ring substituents is 2. The summed E-state index contributed by atoms with van der Waals surface area (Å²) in [7, 11) is 0. The predicted octanol–water partition coefficient (Wildman–Crippen LogP) is 4.39. The second-order valence-corrected chi connectivity index (χ2v) is 7.17. The van der Waals surface area contributed by atoms with E-state index in [0.717, 1.165) is 28.7 Å². The van der Waals surface area contributed by atoms with Crippen molar-refractivity contribution in [2.45, 2.75) is 6.54 Å². The molecule has 0 aromatic heterocycles. The highest BCUT2D eigenvalue weighted by molar-refractivity contribution is 6.14. The van der Waals surface area contributed by atoms with Gasteiger partial charge in [0, 0.05) is 11.6 Å². The Balaban J connectivity index is 1.62. The minimum Gasteiger partial charge on any atom is -0.449 e. The zero-order valence-corrected chi connectivity index (χ0v) is 17.4. The largest absolute Gasteiger partial charge is 0.449 e. The highest BCUT2D eigenvalue weighted by Gasteiger charge is 2.33. The molecule has 1 heterocycles. The van der Waals surface area contributed by atoms with Crippen molar-refractivity contribution < 1.29 is 24.2 Å². The SMILES string of the molecule is O=C1N/C(=C/c2ccccc2Oc2ccc([N+](=O)[O-])cc2[N+](=O)[O-])C(=O)N1Cc1ccccc1. The predicted molar refractivity (Wildman–Crippen MR) is 120 cm³/mol. The van der Waals surface area contributed by atoms with E-state index in [1.807, 2.05) is 6.07 Å². The molecule has 0 unspecified atom stereocenters. The number of non-ortho nitro benzene ring substituents is 1. The summed E-state index contributed by atoms with van der Waals surface area (Å²) in [6, 6.07) is 17.8. The second kappa shape index (κ2) is 9.20. The van der Waals surface area contributed by atoms with Crippen LogP contribution < -0.4 is 10.1 Å². The van der Waals surface area contributed by atoms with Gasteiger partial charge in [0.1, 0.15) is 11.4 Å². The summed E-state index contributed by atoms with van der Waals surface area (Å²) in [6.07, 6.45) is 1.40. The highest BCUT2D eigenvalue weighted by atomic mass is 16.6. The summed E-state index contributed by atoms with van der Waals surface area (Å²) >= 11 is 0. The van der Waals surface area contributed by atoms with Crippen molar-refractivity contribution in [3.05, 3.63) is 110 Å². The number of nitrogens with one attached hydrogen (secondary N) is 1. The molecule has 34 heavy (non-hydrogen) atoms. The number of nitro groups is 2. The van der Waals surface area contributed by atoms with Crippen LogP contribution in [0.5, 0.6) is 11.5 Å². The number of ether oxygens (including phenoxy) is 1. The molecule has 11 heteroatoms. The zero-order chi connectivity index (χ0) is 24.2. The van der Waals surface area contributed by atoms with Gasteiger partial charge in [-0.3, -0.25) is 29.9 Å². The first-order chi connectivity index (χ1) is 16.3. The molecule has 0 saturated carbocycles. The molecule has 3 aromatic carbocycles. The lowest BCUT2D eigenvalue weighted by atomic mass is 10.1. The summed E-state index contributed by atoms with van der Waals surface area (Å²) < 4.78 is 5.69. The van der Waals surface area contributed by atoms with Crippen LogP contribution in [-0.2, 0) is 11.3 Å². The van der Waals surface area contributed by atoms with E-state index >= 15 is 0 Å². The molecule has 0 aliphatic carbocycles. The molecule has 1 N–H and O–H groups in total. The smallest absolute Gasteiger partial charge is 0.329 e. The van der Waals surface area contributed by atoms with Gasteiger partial charge in [-0.1, -0.05) is 48.5 Å². The van der Waals surface area contributed by atoms with Crippen molar-refractivity contribution >= 4 is 29.4 Å². The van der Waals surface area contributed by atoms with Gasteiger partial charge in [0.05, 0.1) is 22.5 Å². The highest BCUT2D eigenvalue weighted by Crippen LogP contribution is 2.36. The number of carbonyl (C=O) groups is 2. The van der Waals surface area contributed by atoms with Crippen LogP contribution in [-0.4, -0.2) is 26.7 Å². The van der Waals surface area contributed by atoms with Crippen molar-refractivity contribution in [2.75, 3.05) is 0 Å². The van der Waals surface area contributed by atoms with Crippen molar-refractivity contribution in [2.24, 2.45) is 0 Å². The molecule has 1 aliphatic rings. The molecule has 4 rings (SSSR count). The normalized spacial score (nSPS) is 14.2. The Bertz CT molecular complexity index is 1340. The first kappa shape index (κ1) is 22.1. The number of imide groups is 1. The first-order valence-electron chi connectivity index (χ1n) is 9.91. The average Bonchev–Trinajstić information content (AvgIpc) is 3.08. The molecule has 170 valence electrons. The number of rotatable bonds is 7. The lowest BCUT2D eigenvalue weighted by Gasteiger charge is -2.11. The Hall–Kier alpha value is -5.06. The number of hydrogen-bond acceptors (Lipinski definition) is 7. The van der Waals surface area contributed by atoms with Crippen LogP contribution in [0.15, 0.2) is 78.5 Å². The van der Waals surface area contributed by atoms with Gasteiger partial charge in [0.25, 0.3) is 11.6 Å². The summed E-state index contributed by atoms with van der Waals surface area (Å²) in [5.74, 6) is -0.602. The molecule has 1 saturated heterocycles. The minimum absolute atomic E-state index is 0.00943. The van der Waals surface area contributed by atoms with Gasteiger partial charge in [0.15, 0.2) is 0 Å². The standard InChI is InChI=1S/C23H16N4O7/c28-22-18(24-23(29)25(22)14-15-6-2-1-3-7-15)12-16-8-4-5-9-20(16)34-21-11-10-17(26(30)31)13-19(21)27(32)33/h1-13H,14H2,(H,24,29)/b18-12+. The number of amides is 3. The van der Waals surface area contributed by atoms with Gasteiger partial charge in [-0.05, 0) is 23.8 Å². The van der Waals surface area contributed by atoms with E-state index in [1.165, 1.54) is 12.1 Å². The molecule has 1 aliphatic heterocycles. The molecule has 0 spiro atoms. The Labute approximate surface area is 192 Å². The molecular weight excluding hydrogens is 444 g/mol. The van der Waals surface area contributed by atoms with Crippen LogP contribution >= 0.6 is 0 Å². The number of para-hydroxylation sites is 1. The first-order valence-corrected chi connectivity index (χ1v) is 9.91. The van der Waals surface area contributed by atoms with Crippen LogP contribution in [0.1, 0.15) is 11.1 Å². The zero-order valence-electron chi connectivity index (χ0n) is 17.4. The Morgan fingerprint density at radius 3 is 2.29 bits per heavy atom. The molecule has 3 amide bonds. The fourth-order valence-corrected chi connectivity index (χ4v) is 3.30.